The van der Waals surface area contributed by atoms with Crippen molar-refractivity contribution in [2.75, 3.05) is 0 Å². The Bertz CT molecular complexity index is 459. The number of hydrogen-bond donors (Lipinski definition) is 0. The molecule has 1 nitrogen and oxygen atoms in total. The van der Waals surface area contributed by atoms with Gasteiger partial charge in [-0.05, 0) is 30.2 Å². The Morgan fingerprint density at radius 2 is 1.88 bits per heavy atom. The van der Waals surface area contributed by atoms with Gasteiger partial charge in [-0.25, -0.2) is 0 Å². The van der Waals surface area contributed by atoms with Crippen molar-refractivity contribution >= 4 is 5.57 Å². The van der Waals surface area contributed by atoms with Gasteiger partial charge < -0.3 is 0 Å². The van der Waals surface area contributed by atoms with Crippen molar-refractivity contribution in [2.24, 2.45) is 0 Å². The van der Waals surface area contributed by atoms with Crippen molar-refractivity contribution in [3.05, 3.63) is 66.3 Å². The molecule has 0 heterocycles. The lowest BCUT2D eigenvalue weighted by Crippen LogP contribution is -1.81. The van der Waals surface area contributed by atoms with E-state index >= 15 is 0 Å². The maximum atomic E-state index is 8.75. The molecular formula is C16H19N. The summed E-state index contributed by atoms with van der Waals surface area (Å²) >= 11 is 0. The Morgan fingerprint density at radius 1 is 1.24 bits per heavy atom. The Balaban J connectivity index is 0.00000121. The Labute approximate surface area is 104 Å². The molecule has 1 aromatic carbocycles. The summed E-state index contributed by atoms with van der Waals surface area (Å²) in [6, 6.07) is 9.50. The van der Waals surface area contributed by atoms with Gasteiger partial charge in [-0.15, -0.1) is 0 Å². The summed E-state index contributed by atoms with van der Waals surface area (Å²) in [5.74, 6) is 0. The zero-order chi connectivity index (χ0) is 13.3. The molecule has 0 fully saturated rings. The van der Waals surface area contributed by atoms with Crippen LogP contribution in [0.25, 0.3) is 5.57 Å². The van der Waals surface area contributed by atoms with E-state index in [1.165, 1.54) is 0 Å². The van der Waals surface area contributed by atoms with Crippen LogP contribution in [0.3, 0.4) is 0 Å². The van der Waals surface area contributed by atoms with Crippen LogP contribution in [-0.2, 0) is 0 Å². The van der Waals surface area contributed by atoms with Crippen molar-refractivity contribution in [2.45, 2.75) is 20.8 Å². The van der Waals surface area contributed by atoms with Crippen molar-refractivity contribution in [1.82, 2.24) is 0 Å². The van der Waals surface area contributed by atoms with Gasteiger partial charge in [-0.3, -0.25) is 0 Å². The third-order valence-electron chi connectivity index (χ3n) is 1.93. The summed E-state index contributed by atoms with van der Waals surface area (Å²) in [5.41, 5.74) is 3.48. The van der Waals surface area contributed by atoms with E-state index in [9.17, 15) is 0 Å². The van der Waals surface area contributed by atoms with E-state index in [0.29, 0.717) is 5.56 Å². The maximum Gasteiger partial charge on any atom is 0.0991 e. The van der Waals surface area contributed by atoms with Gasteiger partial charge in [0.1, 0.15) is 0 Å². The van der Waals surface area contributed by atoms with Crippen molar-refractivity contribution < 1.29 is 0 Å². The summed E-state index contributed by atoms with van der Waals surface area (Å²) in [6.07, 6.45) is 3.81. The van der Waals surface area contributed by atoms with Crippen LogP contribution in [0.1, 0.15) is 31.9 Å². The molecule has 0 atom stereocenters. The van der Waals surface area contributed by atoms with E-state index in [0.717, 1.165) is 16.7 Å². The lowest BCUT2D eigenvalue weighted by molar-refractivity contribution is 1.47. The third kappa shape index (κ3) is 5.53. The first-order chi connectivity index (χ1) is 8.13. The third-order valence-corrected chi connectivity index (χ3v) is 1.93. The normalized spacial score (nSPS) is 9.06. The zero-order valence-corrected chi connectivity index (χ0v) is 10.8. The minimum absolute atomic E-state index is 0.650. The number of rotatable bonds is 3. The van der Waals surface area contributed by atoms with Crippen LogP contribution in [-0.4, -0.2) is 0 Å². The summed E-state index contributed by atoms with van der Waals surface area (Å²) in [6.45, 7) is 13.6. The van der Waals surface area contributed by atoms with Crippen LogP contribution in [0.5, 0.6) is 0 Å². The standard InChI is InChI=1S/C14H13N.C2H6/c1-11(2)7-8-12(3)14-6-4-5-13(9-14)10-15;1-2/h4-9H,1,3H2,2H3;1-2H3/b8-7-;. The molecule has 1 heteroatoms. The highest BCUT2D eigenvalue weighted by Crippen LogP contribution is 2.15. The van der Waals surface area contributed by atoms with E-state index in [1.54, 1.807) is 6.07 Å². The van der Waals surface area contributed by atoms with Crippen LogP contribution in [0.15, 0.2) is 55.1 Å². The van der Waals surface area contributed by atoms with Crippen molar-refractivity contribution in [3.63, 3.8) is 0 Å². The number of nitriles is 1. The van der Waals surface area contributed by atoms with Gasteiger partial charge in [0.05, 0.1) is 11.6 Å². The molecule has 0 bridgehead atoms. The fraction of sp³-hybridized carbons (Fsp3) is 0.188. The molecule has 0 radical (unpaired) electrons. The first-order valence-corrected chi connectivity index (χ1v) is 5.66. The van der Waals surface area contributed by atoms with Gasteiger partial charge >= 0.3 is 0 Å². The minimum atomic E-state index is 0.650. The highest BCUT2D eigenvalue weighted by Gasteiger charge is 1.96. The molecule has 17 heavy (non-hydrogen) atoms. The first kappa shape index (κ1) is 14.9. The van der Waals surface area contributed by atoms with Crippen molar-refractivity contribution in [3.8, 4) is 6.07 Å². The summed E-state index contributed by atoms with van der Waals surface area (Å²) < 4.78 is 0. The molecule has 0 aliphatic heterocycles. The van der Waals surface area contributed by atoms with Gasteiger partial charge in [0, 0.05) is 0 Å². The number of allylic oxidation sites excluding steroid dienone is 4. The smallest absolute Gasteiger partial charge is 0.0991 e. The molecule has 0 N–H and O–H groups in total. The topological polar surface area (TPSA) is 23.8 Å². The van der Waals surface area contributed by atoms with Crippen LogP contribution in [0.4, 0.5) is 0 Å². The van der Waals surface area contributed by atoms with E-state index in [-0.39, 0.29) is 0 Å². The molecule has 0 unspecified atom stereocenters. The molecule has 0 amide bonds. The molecule has 0 aromatic heterocycles. The van der Waals surface area contributed by atoms with E-state index in [1.807, 2.05) is 51.1 Å². The van der Waals surface area contributed by atoms with Gasteiger partial charge in [0.15, 0.2) is 0 Å². The fourth-order valence-electron chi connectivity index (χ4n) is 1.13. The monoisotopic (exact) mass is 225 g/mol. The molecular weight excluding hydrogens is 206 g/mol. The summed E-state index contributed by atoms with van der Waals surface area (Å²) in [5, 5.41) is 8.75. The molecule has 0 saturated heterocycles. The molecule has 0 saturated carbocycles. The summed E-state index contributed by atoms with van der Waals surface area (Å²) in [4.78, 5) is 0. The average Bonchev–Trinajstić information content (AvgIpc) is 2.38. The zero-order valence-electron chi connectivity index (χ0n) is 10.8. The lowest BCUT2D eigenvalue weighted by atomic mass is 10.0. The van der Waals surface area contributed by atoms with Gasteiger partial charge in [0.2, 0.25) is 0 Å². The van der Waals surface area contributed by atoms with E-state index in [4.69, 9.17) is 5.26 Å². The Morgan fingerprint density at radius 3 is 2.41 bits per heavy atom. The Kier molecular flexibility index (Phi) is 7.14. The molecule has 1 aromatic rings. The predicted molar refractivity (Wildman–Crippen MR) is 75.5 cm³/mol. The lowest BCUT2D eigenvalue weighted by Gasteiger charge is -2.00. The van der Waals surface area contributed by atoms with E-state index < -0.39 is 0 Å². The number of hydrogen-bond acceptors (Lipinski definition) is 1. The van der Waals surface area contributed by atoms with Crippen LogP contribution < -0.4 is 0 Å². The van der Waals surface area contributed by atoms with Crippen LogP contribution in [0.2, 0.25) is 0 Å². The van der Waals surface area contributed by atoms with Gasteiger partial charge in [-0.1, -0.05) is 56.9 Å². The second kappa shape index (κ2) is 8.13. The van der Waals surface area contributed by atoms with Gasteiger partial charge in [-0.2, -0.15) is 5.26 Å². The second-order valence-electron chi connectivity index (χ2n) is 3.40. The van der Waals surface area contributed by atoms with Crippen LogP contribution in [0, 0.1) is 11.3 Å². The average molecular weight is 225 g/mol. The highest BCUT2D eigenvalue weighted by atomic mass is 14.2. The first-order valence-electron chi connectivity index (χ1n) is 5.66. The Hall–Kier alpha value is -2.07. The van der Waals surface area contributed by atoms with Gasteiger partial charge in [0.25, 0.3) is 0 Å². The molecule has 0 spiro atoms. The fourth-order valence-corrected chi connectivity index (χ4v) is 1.13. The van der Waals surface area contributed by atoms with Crippen LogP contribution >= 0.6 is 0 Å². The van der Waals surface area contributed by atoms with Crippen molar-refractivity contribution in [1.29, 1.82) is 5.26 Å². The highest BCUT2D eigenvalue weighted by molar-refractivity contribution is 5.73. The van der Waals surface area contributed by atoms with E-state index in [2.05, 4.69) is 19.2 Å². The molecule has 0 aliphatic rings. The predicted octanol–water partition coefficient (Wildman–Crippen LogP) is 4.73. The maximum absolute atomic E-state index is 8.75. The number of benzene rings is 1. The number of nitrogens with zero attached hydrogens (tertiary/aromatic N) is 1. The quantitative estimate of drug-likeness (QED) is 0.682. The molecule has 0 aliphatic carbocycles. The second-order valence-corrected chi connectivity index (χ2v) is 3.40. The largest absolute Gasteiger partial charge is 0.192 e. The summed E-state index contributed by atoms with van der Waals surface area (Å²) in [7, 11) is 0. The molecule has 88 valence electrons. The SMILES string of the molecule is C=C(C)/C=C\C(=C)c1cccc(C#N)c1.CC. The molecule has 1 rings (SSSR count). The minimum Gasteiger partial charge on any atom is -0.192 e.